The lowest BCUT2D eigenvalue weighted by Gasteiger charge is -2.33. The van der Waals surface area contributed by atoms with Gasteiger partial charge < -0.3 is 14.8 Å². The lowest BCUT2D eigenvalue weighted by Crippen LogP contribution is -2.39. The van der Waals surface area contributed by atoms with Crippen LogP contribution in [0.5, 0.6) is 5.75 Å². The first-order chi connectivity index (χ1) is 13.3. The number of benzene rings is 2. The van der Waals surface area contributed by atoms with Gasteiger partial charge in [0.15, 0.2) is 0 Å². The molecule has 2 aromatic carbocycles. The van der Waals surface area contributed by atoms with Gasteiger partial charge in [-0.2, -0.15) is 0 Å². The maximum atomic E-state index is 12.4. The molecule has 1 amide bonds. The molecule has 0 saturated carbocycles. The molecule has 5 nitrogen and oxygen atoms in total. The van der Waals surface area contributed by atoms with Crippen molar-refractivity contribution in [2.75, 3.05) is 39.4 Å². The summed E-state index contributed by atoms with van der Waals surface area (Å²) in [5.41, 5.74) is 1.82. The van der Waals surface area contributed by atoms with E-state index in [-0.39, 0.29) is 12.0 Å². The van der Waals surface area contributed by atoms with Crippen LogP contribution in [0.25, 0.3) is 0 Å². The molecule has 1 aliphatic heterocycles. The second-order valence-corrected chi connectivity index (χ2v) is 6.61. The van der Waals surface area contributed by atoms with Gasteiger partial charge in [0.2, 0.25) is 0 Å². The zero-order valence-corrected chi connectivity index (χ0v) is 15.9. The van der Waals surface area contributed by atoms with Crippen molar-refractivity contribution in [1.82, 2.24) is 10.2 Å². The standard InChI is InChI=1S/C22H28N2O3/c1-2-26-20-12-7-6-11-19(20)22(25)23-13-8-14-24-15-16-27-21(17-24)18-9-4-3-5-10-18/h3-7,9-12,21H,2,8,13-17H2,1H3,(H,23,25)/t21-/m0/s1. The van der Waals surface area contributed by atoms with E-state index in [0.717, 1.165) is 32.7 Å². The van der Waals surface area contributed by atoms with E-state index < -0.39 is 0 Å². The van der Waals surface area contributed by atoms with Gasteiger partial charge in [0.25, 0.3) is 5.91 Å². The van der Waals surface area contributed by atoms with Gasteiger partial charge in [0.1, 0.15) is 5.75 Å². The number of carbonyl (C=O) groups is 1. The minimum absolute atomic E-state index is 0.0804. The van der Waals surface area contributed by atoms with E-state index >= 15 is 0 Å². The lowest BCUT2D eigenvalue weighted by atomic mass is 10.1. The number of para-hydroxylation sites is 1. The number of amides is 1. The van der Waals surface area contributed by atoms with Gasteiger partial charge in [-0.3, -0.25) is 9.69 Å². The highest BCUT2D eigenvalue weighted by molar-refractivity contribution is 5.96. The van der Waals surface area contributed by atoms with Crippen molar-refractivity contribution in [3.63, 3.8) is 0 Å². The largest absolute Gasteiger partial charge is 0.493 e. The van der Waals surface area contributed by atoms with Gasteiger partial charge in [-0.15, -0.1) is 0 Å². The predicted molar refractivity (Wildman–Crippen MR) is 106 cm³/mol. The predicted octanol–water partition coefficient (Wildman–Crippen LogP) is 3.28. The van der Waals surface area contributed by atoms with Gasteiger partial charge in [-0.05, 0) is 31.0 Å². The number of hydrogen-bond donors (Lipinski definition) is 1. The summed E-state index contributed by atoms with van der Waals surface area (Å²) in [4.78, 5) is 14.8. The zero-order valence-electron chi connectivity index (χ0n) is 15.9. The third-order valence-corrected chi connectivity index (χ3v) is 4.69. The Labute approximate surface area is 161 Å². The second-order valence-electron chi connectivity index (χ2n) is 6.61. The van der Waals surface area contributed by atoms with Crippen LogP contribution < -0.4 is 10.1 Å². The highest BCUT2D eigenvalue weighted by Gasteiger charge is 2.21. The normalized spacial score (nSPS) is 17.4. The van der Waals surface area contributed by atoms with Crippen LogP contribution in [0.15, 0.2) is 54.6 Å². The maximum Gasteiger partial charge on any atom is 0.255 e. The Morgan fingerprint density at radius 3 is 2.78 bits per heavy atom. The number of nitrogens with one attached hydrogen (secondary N) is 1. The molecule has 5 heteroatoms. The number of nitrogens with zero attached hydrogens (tertiary/aromatic N) is 1. The first-order valence-electron chi connectivity index (χ1n) is 9.67. The molecule has 0 aromatic heterocycles. The summed E-state index contributed by atoms with van der Waals surface area (Å²) >= 11 is 0. The summed E-state index contributed by atoms with van der Waals surface area (Å²) in [6.45, 7) is 6.62. The van der Waals surface area contributed by atoms with Crippen LogP contribution in [0.3, 0.4) is 0 Å². The van der Waals surface area contributed by atoms with E-state index in [0.29, 0.717) is 24.5 Å². The average Bonchev–Trinajstić information content (AvgIpc) is 2.72. The monoisotopic (exact) mass is 368 g/mol. The van der Waals surface area contributed by atoms with Crippen LogP contribution >= 0.6 is 0 Å². The highest BCUT2D eigenvalue weighted by atomic mass is 16.5. The molecular formula is C22H28N2O3. The van der Waals surface area contributed by atoms with Crippen molar-refractivity contribution in [3.8, 4) is 5.75 Å². The van der Waals surface area contributed by atoms with Gasteiger partial charge in [0, 0.05) is 26.2 Å². The molecule has 1 atom stereocenters. The minimum Gasteiger partial charge on any atom is -0.493 e. The summed E-state index contributed by atoms with van der Waals surface area (Å²) in [5, 5.41) is 3.00. The molecule has 0 radical (unpaired) electrons. The molecule has 0 unspecified atom stereocenters. The highest BCUT2D eigenvalue weighted by Crippen LogP contribution is 2.22. The first-order valence-corrected chi connectivity index (χ1v) is 9.67. The molecule has 0 aliphatic carbocycles. The summed E-state index contributed by atoms with van der Waals surface area (Å²) in [6, 6.07) is 17.7. The van der Waals surface area contributed by atoms with Gasteiger partial charge in [-0.1, -0.05) is 42.5 Å². The molecule has 2 aromatic rings. The third-order valence-electron chi connectivity index (χ3n) is 4.69. The quantitative estimate of drug-likeness (QED) is 0.727. The summed E-state index contributed by atoms with van der Waals surface area (Å²) < 4.78 is 11.4. The lowest BCUT2D eigenvalue weighted by molar-refractivity contribution is -0.0301. The average molecular weight is 368 g/mol. The Morgan fingerprint density at radius 1 is 1.19 bits per heavy atom. The van der Waals surface area contributed by atoms with E-state index in [1.165, 1.54) is 5.56 Å². The van der Waals surface area contributed by atoms with Gasteiger partial charge in [-0.25, -0.2) is 0 Å². The number of carbonyl (C=O) groups excluding carboxylic acids is 1. The molecule has 3 rings (SSSR count). The number of ether oxygens (including phenoxy) is 2. The van der Waals surface area contributed by atoms with Crippen molar-refractivity contribution in [2.45, 2.75) is 19.4 Å². The molecule has 1 heterocycles. The number of rotatable bonds is 8. The topological polar surface area (TPSA) is 50.8 Å². The van der Waals surface area contributed by atoms with Gasteiger partial charge >= 0.3 is 0 Å². The Morgan fingerprint density at radius 2 is 1.96 bits per heavy atom. The van der Waals surface area contributed by atoms with E-state index in [1.807, 2.05) is 43.3 Å². The van der Waals surface area contributed by atoms with Crippen molar-refractivity contribution < 1.29 is 14.3 Å². The van der Waals surface area contributed by atoms with Crippen molar-refractivity contribution in [1.29, 1.82) is 0 Å². The SMILES string of the molecule is CCOc1ccccc1C(=O)NCCCN1CCO[C@H](c2ccccc2)C1. The Hall–Kier alpha value is -2.37. The maximum absolute atomic E-state index is 12.4. The van der Waals surface area contributed by atoms with Crippen LogP contribution in [0.2, 0.25) is 0 Å². The van der Waals surface area contributed by atoms with E-state index in [9.17, 15) is 4.79 Å². The Balaban J connectivity index is 1.43. The summed E-state index contributed by atoms with van der Waals surface area (Å²) in [7, 11) is 0. The van der Waals surface area contributed by atoms with Crippen molar-refractivity contribution >= 4 is 5.91 Å². The molecule has 1 fully saturated rings. The van der Waals surface area contributed by atoms with Crippen LogP contribution in [0, 0.1) is 0 Å². The van der Waals surface area contributed by atoms with Crippen LogP contribution in [0.1, 0.15) is 35.4 Å². The van der Waals surface area contributed by atoms with E-state index in [4.69, 9.17) is 9.47 Å². The molecule has 0 bridgehead atoms. The summed E-state index contributed by atoms with van der Waals surface area (Å²) in [5.74, 6) is 0.555. The van der Waals surface area contributed by atoms with E-state index in [1.54, 1.807) is 6.07 Å². The van der Waals surface area contributed by atoms with Crippen LogP contribution in [0.4, 0.5) is 0 Å². The smallest absolute Gasteiger partial charge is 0.255 e. The van der Waals surface area contributed by atoms with E-state index in [2.05, 4.69) is 22.3 Å². The number of hydrogen-bond acceptors (Lipinski definition) is 4. The van der Waals surface area contributed by atoms with Crippen LogP contribution in [-0.4, -0.2) is 50.2 Å². The molecule has 144 valence electrons. The Kier molecular flexibility index (Phi) is 7.25. The third kappa shape index (κ3) is 5.55. The molecule has 0 spiro atoms. The fraction of sp³-hybridized carbons (Fsp3) is 0.409. The second kappa shape index (κ2) is 10.1. The molecule has 27 heavy (non-hydrogen) atoms. The van der Waals surface area contributed by atoms with Gasteiger partial charge in [0.05, 0.1) is 24.9 Å². The number of morpholine rings is 1. The molecule has 1 saturated heterocycles. The molecular weight excluding hydrogens is 340 g/mol. The fourth-order valence-electron chi connectivity index (χ4n) is 3.31. The van der Waals surface area contributed by atoms with Crippen LogP contribution in [-0.2, 0) is 4.74 Å². The fourth-order valence-corrected chi connectivity index (χ4v) is 3.31. The first kappa shape index (κ1) is 19.4. The molecule has 1 N–H and O–H groups in total. The molecule has 1 aliphatic rings. The zero-order chi connectivity index (χ0) is 18.9. The van der Waals surface area contributed by atoms with Crippen molar-refractivity contribution in [3.05, 3.63) is 65.7 Å². The summed E-state index contributed by atoms with van der Waals surface area (Å²) in [6.07, 6.45) is 1.04. The van der Waals surface area contributed by atoms with Crippen molar-refractivity contribution in [2.24, 2.45) is 0 Å². The minimum atomic E-state index is -0.0804. The Bertz CT molecular complexity index is 721.